The fraction of sp³-hybridized carbons (Fsp3) is 0. The first-order valence-corrected chi connectivity index (χ1v) is 19.2. The molecule has 5 aromatic heterocycles. The Hall–Kier alpha value is -8.03. The van der Waals surface area contributed by atoms with Gasteiger partial charge in [0.15, 0.2) is 17.5 Å². The van der Waals surface area contributed by atoms with Gasteiger partial charge in [-0.25, -0.2) is 15.0 Å². The predicted molar refractivity (Wildman–Crippen MR) is 231 cm³/mol. The van der Waals surface area contributed by atoms with Crippen molar-refractivity contribution in [3.63, 3.8) is 0 Å². The molecule has 0 bridgehead atoms. The van der Waals surface area contributed by atoms with E-state index in [1.54, 1.807) is 0 Å². The second-order valence-corrected chi connectivity index (χ2v) is 14.7. The van der Waals surface area contributed by atoms with E-state index in [0.717, 1.165) is 104 Å². The largest absolute Gasteiger partial charge is 0.456 e. The summed E-state index contributed by atoms with van der Waals surface area (Å²) in [7, 11) is 0. The minimum Gasteiger partial charge on any atom is -0.456 e. The van der Waals surface area contributed by atoms with Crippen LogP contribution >= 0.6 is 0 Å². The molecule has 13 aromatic rings. The quantitative estimate of drug-likeness (QED) is 0.177. The summed E-state index contributed by atoms with van der Waals surface area (Å²) >= 11 is 0. The summed E-state index contributed by atoms with van der Waals surface area (Å²) in [5.74, 6) is 1.51. The van der Waals surface area contributed by atoms with E-state index in [-0.39, 0.29) is 0 Å². The highest BCUT2D eigenvalue weighted by Gasteiger charge is 2.22. The van der Waals surface area contributed by atoms with Crippen molar-refractivity contribution in [1.82, 2.24) is 15.0 Å². The minimum atomic E-state index is 0.487. The van der Waals surface area contributed by atoms with Crippen molar-refractivity contribution in [2.24, 2.45) is 0 Å². The van der Waals surface area contributed by atoms with Crippen LogP contribution in [-0.4, -0.2) is 15.0 Å². The molecule has 0 spiro atoms. The van der Waals surface area contributed by atoms with Crippen LogP contribution in [0.4, 0.5) is 0 Å². The molecule has 0 aliphatic rings. The fourth-order valence-corrected chi connectivity index (χ4v) is 8.60. The third kappa shape index (κ3) is 4.58. The van der Waals surface area contributed by atoms with E-state index in [1.165, 1.54) is 0 Å². The number of rotatable bonds is 4. The van der Waals surface area contributed by atoms with Crippen LogP contribution in [0.3, 0.4) is 0 Å². The summed E-state index contributed by atoms with van der Waals surface area (Å²) in [6.07, 6.45) is 0. The summed E-state index contributed by atoms with van der Waals surface area (Å²) in [6, 6.07) is 55.3. The molecule has 0 fully saturated rings. The third-order valence-electron chi connectivity index (χ3n) is 11.3. The molecule has 8 aromatic carbocycles. The summed E-state index contributed by atoms with van der Waals surface area (Å²) in [4.78, 5) is 15.6. The van der Waals surface area contributed by atoms with Crippen molar-refractivity contribution >= 4 is 87.8 Å². The van der Waals surface area contributed by atoms with E-state index in [2.05, 4.69) is 60.7 Å². The maximum atomic E-state index is 6.69. The van der Waals surface area contributed by atoms with E-state index in [9.17, 15) is 0 Å². The zero-order chi connectivity index (χ0) is 37.9. The Labute approximate surface area is 328 Å². The van der Waals surface area contributed by atoms with Gasteiger partial charge in [0, 0.05) is 60.8 Å². The number of benzene rings is 8. The highest BCUT2D eigenvalue weighted by molar-refractivity contribution is 6.18. The number of hydrogen-bond acceptors (Lipinski definition) is 7. The second kappa shape index (κ2) is 11.7. The number of furan rings is 4. The Morgan fingerprint density at radius 1 is 0.259 bits per heavy atom. The molecule has 7 nitrogen and oxygen atoms in total. The standard InChI is InChI=1S/C51H27N3O4/c1-2-11-28(12-3-1)29-13-8-14-30(23-29)49-52-50(35-19-9-17-33-39-24-37-31-15-4-6-21-41(31)55-43(37)26-45(39)57-47(33)35)54-51(53-49)36-20-10-18-34-40-25-38-32-16-5-7-22-42(32)56-44(38)27-46(40)58-48(34)36/h1-27H. The molecule has 0 unspecified atom stereocenters. The number of para-hydroxylation sites is 4. The van der Waals surface area contributed by atoms with Gasteiger partial charge < -0.3 is 17.7 Å². The van der Waals surface area contributed by atoms with E-state index < -0.39 is 0 Å². The zero-order valence-electron chi connectivity index (χ0n) is 30.6. The van der Waals surface area contributed by atoms with Gasteiger partial charge in [-0.3, -0.25) is 0 Å². The zero-order valence-corrected chi connectivity index (χ0v) is 30.6. The Morgan fingerprint density at radius 2 is 0.690 bits per heavy atom. The fourth-order valence-electron chi connectivity index (χ4n) is 8.60. The van der Waals surface area contributed by atoms with Gasteiger partial charge >= 0.3 is 0 Å². The van der Waals surface area contributed by atoms with Gasteiger partial charge in [0.2, 0.25) is 0 Å². The topological polar surface area (TPSA) is 91.2 Å². The predicted octanol–water partition coefficient (Wildman–Crippen LogP) is 14.1. The summed E-state index contributed by atoms with van der Waals surface area (Å²) < 4.78 is 25.8. The number of hydrogen-bond donors (Lipinski definition) is 0. The molecule has 7 heteroatoms. The van der Waals surface area contributed by atoms with Crippen LogP contribution in [-0.2, 0) is 0 Å². The molecule has 0 saturated heterocycles. The van der Waals surface area contributed by atoms with Gasteiger partial charge in [-0.15, -0.1) is 0 Å². The van der Waals surface area contributed by atoms with E-state index in [0.29, 0.717) is 28.6 Å². The average Bonchev–Trinajstić information content (AvgIpc) is 4.04. The molecular weight excluding hydrogens is 719 g/mol. The van der Waals surface area contributed by atoms with E-state index >= 15 is 0 Å². The van der Waals surface area contributed by atoms with Crippen molar-refractivity contribution in [2.75, 3.05) is 0 Å². The molecule has 0 amide bonds. The van der Waals surface area contributed by atoms with Crippen LogP contribution < -0.4 is 0 Å². The van der Waals surface area contributed by atoms with Crippen LogP contribution in [0.5, 0.6) is 0 Å². The molecule has 13 rings (SSSR count). The van der Waals surface area contributed by atoms with Gasteiger partial charge in [-0.2, -0.15) is 0 Å². The van der Waals surface area contributed by atoms with Crippen LogP contribution in [0.25, 0.3) is 133 Å². The smallest absolute Gasteiger partial charge is 0.167 e. The van der Waals surface area contributed by atoms with Crippen LogP contribution in [0.15, 0.2) is 181 Å². The molecule has 0 aliphatic heterocycles. The lowest BCUT2D eigenvalue weighted by Gasteiger charge is -2.10. The summed E-state index contributed by atoms with van der Waals surface area (Å²) in [6.45, 7) is 0. The first-order chi connectivity index (χ1) is 28.7. The van der Waals surface area contributed by atoms with Crippen molar-refractivity contribution < 1.29 is 17.7 Å². The molecule has 58 heavy (non-hydrogen) atoms. The van der Waals surface area contributed by atoms with Crippen molar-refractivity contribution in [3.8, 4) is 45.3 Å². The average molecular weight is 746 g/mol. The molecule has 0 atom stereocenters. The molecule has 270 valence electrons. The van der Waals surface area contributed by atoms with E-state index in [4.69, 9.17) is 32.6 Å². The van der Waals surface area contributed by atoms with Crippen molar-refractivity contribution in [2.45, 2.75) is 0 Å². The molecule has 0 aliphatic carbocycles. The first kappa shape index (κ1) is 31.2. The Morgan fingerprint density at radius 3 is 1.28 bits per heavy atom. The SMILES string of the molecule is c1ccc(-c2cccc(-c3nc(-c4cccc5c4oc4cc6oc7ccccc7c6cc45)nc(-c4cccc5c4oc4cc6oc7ccccc7c6cc45)n3)c2)cc1. The van der Waals surface area contributed by atoms with Gasteiger partial charge in [-0.1, -0.05) is 109 Å². The van der Waals surface area contributed by atoms with Crippen LogP contribution in [0.2, 0.25) is 0 Å². The number of fused-ring (bicyclic) bond motifs is 12. The maximum absolute atomic E-state index is 6.69. The molecule has 0 N–H and O–H groups in total. The van der Waals surface area contributed by atoms with Gasteiger partial charge in [-0.05, 0) is 53.6 Å². The normalized spacial score (nSPS) is 12.1. The second-order valence-electron chi connectivity index (χ2n) is 14.7. The monoisotopic (exact) mass is 745 g/mol. The number of aromatic nitrogens is 3. The summed E-state index contributed by atoms with van der Waals surface area (Å²) in [5.41, 5.74) is 10.6. The van der Waals surface area contributed by atoms with Crippen LogP contribution in [0.1, 0.15) is 0 Å². The molecular formula is C51H27N3O4. The molecule has 0 saturated carbocycles. The van der Waals surface area contributed by atoms with Crippen molar-refractivity contribution in [3.05, 3.63) is 164 Å². The summed E-state index contributed by atoms with van der Waals surface area (Å²) in [5, 5.41) is 8.12. The Kier molecular flexibility index (Phi) is 6.32. The highest BCUT2D eigenvalue weighted by Crippen LogP contribution is 2.42. The molecule has 5 heterocycles. The lowest BCUT2D eigenvalue weighted by atomic mass is 10.0. The maximum Gasteiger partial charge on any atom is 0.167 e. The highest BCUT2D eigenvalue weighted by atomic mass is 16.4. The molecule has 0 radical (unpaired) electrons. The Bertz CT molecular complexity index is 3610. The van der Waals surface area contributed by atoms with E-state index in [1.807, 2.05) is 103 Å². The van der Waals surface area contributed by atoms with Gasteiger partial charge in [0.25, 0.3) is 0 Å². The first-order valence-electron chi connectivity index (χ1n) is 19.2. The van der Waals surface area contributed by atoms with Crippen LogP contribution in [0, 0.1) is 0 Å². The number of nitrogens with zero attached hydrogens (tertiary/aromatic N) is 3. The van der Waals surface area contributed by atoms with Gasteiger partial charge in [0.1, 0.15) is 44.7 Å². The minimum absolute atomic E-state index is 0.487. The van der Waals surface area contributed by atoms with Gasteiger partial charge in [0.05, 0.1) is 11.1 Å². The third-order valence-corrected chi connectivity index (χ3v) is 11.3. The lowest BCUT2D eigenvalue weighted by molar-refractivity contribution is 0.656. The van der Waals surface area contributed by atoms with Crippen molar-refractivity contribution in [1.29, 1.82) is 0 Å². The Balaban J connectivity index is 1.04. The lowest BCUT2D eigenvalue weighted by Crippen LogP contribution is -2.00.